The molecule has 19 heavy (non-hydrogen) atoms. The van der Waals surface area contributed by atoms with Gasteiger partial charge in [-0.25, -0.2) is 4.98 Å². The second kappa shape index (κ2) is 5.10. The second-order valence-electron chi connectivity index (χ2n) is 3.60. The van der Waals surface area contributed by atoms with Gasteiger partial charge in [-0.2, -0.15) is 5.26 Å². The first-order chi connectivity index (χ1) is 9.11. The molecular weight excluding hydrogens is 248 g/mol. The van der Waals surface area contributed by atoms with E-state index in [1.165, 1.54) is 18.3 Å². The molecular formula is C12H8N4O3. The molecule has 2 rings (SSSR count). The molecule has 0 spiro atoms. The first kappa shape index (κ1) is 12.4. The molecule has 0 unspecified atom stereocenters. The third kappa shape index (κ3) is 2.63. The molecule has 94 valence electrons. The van der Waals surface area contributed by atoms with Crippen molar-refractivity contribution in [3.8, 4) is 17.7 Å². The van der Waals surface area contributed by atoms with Gasteiger partial charge in [0, 0.05) is 13.1 Å². The number of rotatable bonds is 3. The third-order valence-electron chi connectivity index (χ3n) is 2.25. The number of aryl methyl sites for hydroxylation is 1. The molecule has 2 aromatic heterocycles. The zero-order valence-electron chi connectivity index (χ0n) is 9.90. The highest BCUT2D eigenvalue weighted by Crippen LogP contribution is 2.29. The van der Waals surface area contributed by atoms with Crippen molar-refractivity contribution in [1.29, 1.82) is 5.26 Å². The fourth-order valence-corrected chi connectivity index (χ4v) is 1.40. The van der Waals surface area contributed by atoms with Crippen molar-refractivity contribution >= 4 is 5.82 Å². The highest BCUT2D eigenvalue weighted by Gasteiger charge is 2.19. The van der Waals surface area contributed by atoms with Crippen LogP contribution in [0.15, 0.2) is 30.5 Å². The van der Waals surface area contributed by atoms with Gasteiger partial charge in [-0.15, -0.1) is 0 Å². The summed E-state index contributed by atoms with van der Waals surface area (Å²) in [7, 11) is 0. The lowest BCUT2D eigenvalue weighted by Crippen LogP contribution is -1.99. The Labute approximate surface area is 108 Å². The molecule has 0 aliphatic carbocycles. The van der Waals surface area contributed by atoms with Gasteiger partial charge in [0.05, 0.1) is 0 Å². The summed E-state index contributed by atoms with van der Waals surface area (Å²) < 4.78 is 5.31. The predicted octanol–water partition coefficient (Wildman–Crippen LogP) is 2.36. The summed E-state index contributed by atoms with van der Waals surface area (Å²) in [6.07, 6.45) is 1.43. The summed E-state index contributed by atoms with van der Waals surface area (Å²) in [5.74, 6) is -0.445. The molecule has 0 aliphatic heterocycles. The zero-order chi connectivity index (χ0) is 13.8. The average Bonchev–Trinajstić information content (AvgIpc) is 2.41. The molecule has 0 aliphatic rings. The first-order valence-corrected chi connectivity index (χ1v) is 5.27. The lowest BCUT2D eigenvalue weighted by molar-refractivity contribution is -0.390. The smallest absolute Gasteiger partial charge is 0.407 e. The number of hydrogen-bond acceptors (Lipinski definition) is 6. The largest absolute Gasteiger partial charge is 0.429 e. The van der Waals surface area contributed by atoms with Gasteiger partial charge in [0.15, 0.2) is 0 Å². The normalized spacial score (nSPS) is 9.68. The van der Waals surface area contributed by atoms with Gasteiger partial charge in [0.25, 0.3) is 0 Å². The van der Waals surface area contributed by atoms with Crippen molar-refractivity contribution in [2.75, 3.05) is 0 Å². The van der Waals surface area contributed by atoms with Gasteiger partial charge < -0.3 is 14.9 Å². The molecule has 0 saturated carbocycles. The number of ether oxygens (including phenoxy) is 1. The third-order valence-corrected chi connectivity index (χ3v) is 2.25. The lowest BCUT2D eigenvalue weighted by Gasteiger charge is -2.05. The van der Waals surface area contributed by atoms with Crippen LogP contribution < -0.4 is 4.74 Å². The summed E-state index contributed by atoms with van der Waals surface area (Å²) in [4.78, 5) is 17.9. The zero-order valence-corrected chi connectivity index (χ0v) is 9.90. The van der Waals surface area contributed by atoms with Gasteiger partial charge in [-0.3, -0.25) is 0 Å². The molecule has 0 bridgehead atoms. The Balaban J connectivity index is 2.44. The van der Waals surface area contributed by atoms with E-state index in [1.807, 2.05) is 6.07 Å². The fourth-order valence-electron chi connectivity index (χ4n) is 1.40. The fraction of sp³-hybridized carbons (Fsp3) is 0.0833. The number of hydrogen-bond donors (Lipinski definition) is 0. The van der Waals surface area contributed by atoms with Crippen molar-refractivity contribution in [2.45, 2.75) is 6.92 Å². The quantitative estimate of drug-likeness (QED) is 0.617. The van der Waals surface area contributed by atoms with Crippen LogP contribution in [0.1, 0.15) is 11.3 Å². The molecule has 2 heterocycles. The topological polar surface area (TPSA) is 102 Å². The van der Waals surface area contributed by atoms with Crippen LogP contribution >= 0.6 is 0 Å². The number of nitro groups is 1. The van der Waals surface area contributed by atoms with E-state index in [0.717, 1.165) is 0 Å². The number of pyridine rings is 2. The van der Waals surface area contributed by atoms with Crippen LogP contribution in [0.4, 0.5) is 5.82 Å². The lowest BCUT2D eigenvalue weighted by atomic mass is 10.3. The first-order valence-electron chi connectivity index (χ1n) is 5.27. The van der Waals surface area contributed by atoms with Gasteiger partial charge >= 0.3 is 5.82 Å². The highest BCUT2D eigenvalue weighted by molar-refractivity contribution is 5.46. The molecule has 0 atom stereocenters. The standard InChI is InChI=1S/C12H8N4O3/c1-8-4-5-10(11(15-8)16(17)18)19-12-9(7-13)3-2-6-14-12/h2-6H,1H3. The van der Waals surface area contributed by atoms with Gasteiger partial charge in [-0.05, 0) is 34.2 Å². The summed E-state index contributed by atoms with van der Waals surface area (Å²) in [6, 6.07) is 7.99. The Morgan fingerprint density at radius 1 is 1.42 bits per heavy atom. The van der Waals surface area contributed by atoms with Gasteiger partial charge in [-0.1, -0.05) is 0 Å². The summed E-state index contributed by atoms with van der Waals surface area (Å²) in [5, 5.41) is 19.8. The van der Waals surface area contributed by atoms with Crippen molar-refractivity contribution in [1.82, 2.24) is 9.97 Å². The van der Waals surface area contributed by atoms with E-state index in [4.69, 9.17) is 10.00 Å². The van der Waals surface area contributed by atoms with E-state index in [2.05, 4.69) is 9.97 Å². The van der Waals surface area contributed by atoms with Crippen molar-refractivity contribution in [3.63, 3.8) is 0 Å². The maximum atomic E-state index is 10.9. The Hall–Kier alpha value is -3.01. The Morgan fingerprint density at radius 3 is 2.89 bits per heavy atom. The summed E-state index contributed by atoms with van der Waals surface area (Å²) >= 11 is 0. The maximum Gasteiger partial charge on any atom is 0.407 e. The molecule has 0 amide bonds. The highest BCUT2D eigenvalue weighted by atomic mass is 16.6. The number of nitrogens with zero attached hydrogens (tertiary/aromatic N) is 4. The second-order valence-corrected chi connectivity index (χ2v) is 3.60. The van der Waals surface area contributed by atoms with Crippen LogP contribution in [0.3, 0.4) is 0 Å². The van der Waals surface area contributed by atoms with E-state index < -0.39 is 10.7 Å². The Morgan fingerprint density at radius 2 is 2.21 bits per heavy atom. The minimum absolute atomic E-state index is 0.0127. The van der Waals surface area contributed by atoms with Crippen molar-refractivity contribution < 1.29 is 9.66 Å². The Bertz CT molecular complexity index is 679. The number of nitriles is 1. The minimum Gasteiger partial charge on any atom is -0.429 e. The summed E-state index contributed by atoms with van der Waals surface area (Å²) in [5.41, 5.74) is 0.693. The molecule has 2 aromatic rings. The van der Waals surface area contributed by atoms with Crippen LogP contribution in [-0.2, 0) is 0 Å². The van der Waals surface area contributed by atoms with Crippen LogP contribution in [0.5, 0.6) is 11.6 Å². The molecule has 0 N–H and O–H groups in total. The average molecular weight is 256 g/mol. The molecule has 7 nitrogen and oxygen atoms in total. The maximum absolute atomic E-state index is 10.9. The van der Waals surface area contributed by atoms with Gasteiger partial charge in [0.2, 0.25) is 11.6 Å². The molecule has 0 saturated heterocycles. The molecule has 7 heteroatoms. The van der Waals surface area contributed by atoms with Crippen LogP contribution in [0.25, 0.3) is 0 Å². The summed E-state index contributed by atoms with van der Waals surface area (Å²) in [6.45, 7) is 1.64. The van der Waals surface area contributed by atoms with E-state index >= 15 is 0 Å². The molecule has 0 radical (unpaired) electrons. The van der Waals surface area contributed by atoms with Crippen molar-refractivity contribution in [2.24, 2.45) is 0 Å². The minimum atomic E-state index is -0.642. The van der Waals surface area contributed by atoms with E-state index in [1.54, 1.807) is 19.1 Å². The van der Waals surface area contributed by atoms with Crippen LogP contribution in [-0.4, -0.2) is 14.9 Å². The van der Waals surface area contributed by atoms with Gasteiger partial charge in [0.1, 0.15) is 17.3 Å². The van der Waals surface area contributed by atoms with E-state index in [0.29, 0.717) is 5.69 Å². The Kier molecular flexibility index (Phi) is 3.34. The predicted molar refractivity (Wildman–Crippen MR) is 64.7 cm³/mol. The molecule has 0 fully saturated rings. The molecule has 0 aromatic carbocycles. The van der Waals surface area contributed by atoms with Crippen molar-refractivity contribution in [3.05, 3.63) is 51.8 Å². The van der Waals surface area contributed by atoms with E-state index in [9.17, 15) is 10.1 Å². The SMILES string of the molecule is Cc1ccc(Oc2ncccc2C#N)c([N+](=O)[O-])n1. The van der Waals surface area contributed by atoms with Crippen LogP contribution in [0.2, 0.25) is 0 Å². The van der Waals surface area contributed by atoms with Crippen LogP contribution in [0, 0.1) is 28.4 Å². The number of aromatic nitrogens is 2. The monoisotopic (exact) mass is 256 g/mol. The van der Waals surface area contributed by atoms with E-state index in [-0.39, 0.29) is 17.2 Å².